The first-order valence-electron chi connectivity index (χ1n) is 8.77. The largest absolute Gasteiger partial charge is 0.389 e. The molecular formula is C19H31NO3. The zero-order chi connectivity index (χ0) is 16.5. The number of ether oxygens (including phenoxy) is 2. The zero-order valence-corrected chi connectivity index (χ0v) is 14.5. The molecule has 4 heteroatoms. The Balaban J connectivity index is 1.84. The monoisotopic (exact) mass is 321 g/mol. The molecule has 4 nitrogen and oxygen atoms in total. The average molecular weight is 321 g/mol. The lowest BCUT2D eigenvalue weighted by Crippen LogP contribution is -2.39. The van der Waals surface area contributed by atoms with E-state index >= 15 is 0 Å². The minimum atomic E-state index is -0.459. The van der Waals surface area contributed by atoms with E-state index in [1.807, 2.05) is 6.07 Å². The number of aliphatic hydroxyl groups is 1. The highest BCUT2D eigenvalue weighted by Crippen LogP contribution is 2.15. The minimum Gasteiger partial charge on any atom is -0.389 e. The Morgan fingerprint density at radius 3 is 2.70 bits per heavy atom. The molecule has 0 saturated carbocycles. The average Bonchev–Trinajstić information content (AvgIpc) is 3.00. The van der Waals surface area contributed by atoms with Gasteiger partial charge >= 0.3 is 0 Å². The van der Waals surface area contributed by atoms with E-state index in [9.17, 15) is 5.11 Å². The quantitative estimate of drug-likeness (QED) is 0.719. The second-order valence-electron chi connectivity index (χ2n) is 6.90. The lowest BCUT2D eigenvalue weighted by molar-refractivity contribution is -0.00390. The summed E-state index contributed by atoms with van der Waals surface area (Å²) in [6, 6.07) is 10.4. The van der Waals surface area contributed by atoms with Crippen LogP contribution in [0, 0.1) is 5.92 Å². The molecule has 0 aliphatic carbocycles. The molecule has 1 fully saturated rings. The van der Waals surface area contributed by atoms with Crippen molar-refractivity contribution in [3.8, 4) is 0 Å². The van der Waals surface area contributed by atoms with Crippen LogP contribution in [0.2, 0.25) is 0 Å². The zero-order valence-electron chi connectivity index (χ0n) is 14.5. The Bertz CT molecular complexity index is 418. The summed E-state index contributed by atoms with van der Waals surface area (Å²) in [5.41, 5.74) is 1.26. The molecule has 23 heavy (non-hydrogen) atoms. The molecule has 1 N–H and O–H groups in total. The van der Waals surface area contributed by atoms with Gasteiger partial charge in [-0.3, -0.25) is 4.90 Å². The first kappa shape index (κ1) is 18.4. The van der Waals surface area contributed by atoms with Crippen LogP contribution in [0.5, 0.6) is 0 Å². The maximum Gasteiger partial charge on any atom is 0.0900 e. The van der Waals surface area contributed by atoms with Crippen LogP contribution in [0.15, 0.2) is 30.3 Å². The molecule has 0 radical (unpaired) electrons. The van der Waals surface area contributed by atoms with Crippen molar-refractivity contribution < 1.29 is 14.6 Å². The maximum absolute atomic E-state index is 10.3. The first-order valence-corrected chi connectivity index (χ1v) is 8.77. The summed E-state index contributed by atoms with van der Waals surface area (Å²) in [4.78, 5) is 2.29. The van der Waals surface area contributed by atoms with Crippen LogP contribution in [-0.2, 0) is 16.0 Å². The van der Waals surface area contributed by atoms with Crippen molar-refractivity contribution in [2.75, 3.05) is 32.9 Å². The van der Waals surface area contributed by atoms with Gasteiger partial charge in [-0.2, -0.15) is 0 Å². The predicted molar refractivity (Wildman–Crippen MR) is 92.4 cm³/mol. The number of aliphatic hydroxyl groups excluding tert-OH is 1. The molecule has 2 atom stereocenters. The molecule has 0 bridgehead atoms. The summed E-state index contributed by atoms with van der Waals surface area (Å²) in [6.07, 6.45) is 2.09. The van der Waals surface area contributed by atoms with Gasteiger partial charge in [0.05, 0.1) is 18.8 Å². The Labute approximate surface area is 140 Å². The third-order valence-electron chi connectivity index (χ3n) is 3.97. The summed E-state index contributed by atoms with van der Waals surface area (Å²) in [5.74, 6) is 0.495. The molecule has 130 valence electrons. The van der Waals surface area contributed by atoms with E-state index in [4.69, 9.17) is 9.47 Å². The molecule has 2 rings (SSSR count). The van der Waals surface area contributed by atoms with E-state index in [1.54, 1.807) is 0 Å². The summed E-state index contributed by atoms with van der Waals surface area (Å²) in [5, 5.41) is 10.3. The van der Waals surface area contributed by atoms with Gasteiger partial charge in [0.15, 0.2) is 0 Å². The summed E-state index contributed by atoms with van der Waals surface area (Å²) in [6.45, 7) is 8.52. The highest BCUT2D eigenvalue weighted by molar-refractivity contribution is 5.14. The van der Waals surface area contributed by atoms with E-state index in [1.165, 1.54) is 5.56 Å². The fourth-order valence-corrected chi connectivity index (χ4v) is 2.91. The number of hydrogen-bond donors (Lipinski definition) is 1. The number of benzene rings is 1. The molecule has 0 aromatic heterocycles. The van der Waals surface area contributed by atoms with Gasteiger partial charge in [0.25, 0.3) is 0 Å². The highest BCUT2D eigenvalue weighted by Gasteiger charge is 2.21. The Kier molecular flexibility index (Phi) is 8.03. The number of hydrogen-bond acceptors (Lipinski definition) is 4. The van der Waals surface area contributed by atoms with Gasteiger partial charge in [-0.1, -0.05) is 44.2 Å². The lowest BCUT2D eigenvalue weighted by Gasteiger charge is -2.27. The van der Waals surface area contributed by atoms with E-state index < -0.39 is 6.10 Å². The van der Waals surface area contributed by atoms with Crippen molar-refractivity contribution in [3.05, 3.63) is 35.9 Å². The van der Waals surface area contributed by atoms with Crippen molar-refractivity contribution in [1.82, 2.24) is 4.90 Å². The van der Waals surface area contributed by atoms with E-state index in [0.29, 0.717) is 31.8 Å². The number of rotatable bonds is 10. The molecule has 1 aromatic carbocycles. The molecule has 1 saturated heterocycles. The van der Waals surface area contributed by atoms with Gasteiger partial charge in [-0.05, 0) is 24.3 Å². The van der Waals surface area contributed by atoms with Gasteiger partial charge in [0.2, 0.25) is 0 Å². The molecule has 1 aliphatic heterocycles. The lowest BCUT2D eigenvalue weighted by atomic mass is 10.1. The van der Waals surface area contributed by atoms with Crippen LogP contribution in [0.4, 0.5) is 0 Å². The van der Waals surface area contributed by atoms with Crippen LogP contribution in [-0.4, -0.2) is 55.1 Å². The molecule has 1 aliphatic rings. The highest BCUT2D eigenvalue weighted by atomic mass is 16.5. The van der Waals surface area contributed by atoms with Crippen molar-refractivity contribution in [2.45, 2.75) is 45.4 Å². The summed E-state index contributed by atoms with van der Waals surface area (Å²) >= 11 is 0. The molecule has 0 unspecified atom stereocenters. The van der Waals surface area contributed by atoms with Crippen LogP contribution in [0.25, 0.3) is 0 Å². The topological polar surface area (TPSA) is 41.9 Å². The second kappa shape index (κ2) is 10.0. The molecule has 1 heterocycles. The van der Waals surface area contributed by atoms with E-state index in [0.717, 1.165) is 32.5 Å². The maximum atomic E-state index is 10.3. The van der Waals surface area contributed by atoms with Gasteiger partial charge in [-0.15, -0.1) is 0 Å². The first-order chi connectivity index (χ1) is 11.1. The molecule has 0 spiro atoms. The fourth-order valence-electron chi connectivity index (χ4n) is 2.91. The Morgan fingerprint density at radius 2 is 2.04 bits per heavy atom. The van der Waals surface area contributed by atoms with E-state index in [2.05, 4.69) is 43.0 Å². The summed E-state index contributed by atoms with van der Waals surface area (Å²) in [7, 11) is 0. The standard InChI is InChI=1S/C19H31NO3/c1-16(2)14-22-15-18(21)12-20(13-19-9-6-10-23-19)11-17-7-4-3-5-8-17/h3-5,7-8,16,18-19,21H,6,9-15H2,1-2H3/t18-,19-/m1/s1. The van der Waals surface area contributed by atoms with Gasteiger partial charge in [0.1, 0.15) is 0 Å². The van der Waals surface area contributed by atoms with Crippen LogP contribution < -0.4 is 0 Å². The van der Waals surface area contributed by atoms with Crippen molar-refractivity contribution in [2.24, 2.45) is 5.92 Å². The third kappa shape index (κ3) is 7.44. The molecule has 0 amide bonds. The van der Waals surface area contributed by atoms with Gasteiger partial charge in [0, 0.05) is 32.8 Å². The van der Waals surface area contributed by atoms with Crippen LogP contribution in [0.3, 0.4) is 0 Å². The molecule has 1 aromatic rings. The Hall–Kier alpha value is -0.940. The smallest absolute Gasteiger partial charge is 0.0900 e. The Morgan fingerprint density at radius 1 is 1.26 bits per heavy atom. The van der Waals surface area contributed by atoms with Gasteiger partial charge in [-0.25, -0.2) is 0 Å². The van der Waals surface area contributed by atoms with Crippen molar-refractivity contribution in [3.63, 3.8) is 0 Å². The van der Waals surface area contributed by atoms with Gasteiger partial charge < -0.3 is 14.6 Å². The predicted octanol–water partition coefficient (Wildman–Crippen LogP) is 2.70. The minimum absolute atomic E-state index is 0.294. The van der Waals surface area contributed by atoms with Crippen LogP contribution >= 0.6 is 0 Å². The normalized spacial score (nSPS) is 19.6. The summed E-state index contributed by atoms with van der Waals surface area (Å²) < 4.78 is 11.3. The SMILES string of the molecule is CC(C)COC[C@H](O)CN(Cc1ccccc1)C[C@H]1CCCO1. The van der Waals surface area contributed by atoms with Crippen molar-refractivity contribution in [1.29, 1.82) is 0 Å². The van der Waals surface area contributed by atoms with E-state index in [-0.39, 0.29) is 0 Å². The fraction of sp³-hybridized carbons (Fsp3) is 0.684. The van der Waals surface area contributed by atoms with Crippen molar-refractivity contribution >= 4 is 0 Å². The number of nitrogens with zero attached hydrogens (tertiary/aromatic N) is 1. The second-order valence-corrected chi connectivity index (χ2v) is 6.90. The molecular weight excluding hydrogens is 290 g/mol. The third-order valence-corrected chi connectivity index (χ3v) is 3.97. The van der Waals surface area contributed by atoms with Crippen LogP contribution in [0.1, 0.15) is 32.3 Å².